The van der Waals surface area contributed by atoms with Crippen molar-refractivity contribution in [1.29, 1.82) is 0 Å². The Morgan fingerprint density at radius 1 is 1.11 bits per heavy atom. The average Bonchev–Trinajstić information content (AvgIpc) is 3.21. The number of aliphatic hydroxyl groups excluding tert-OH is 5. The van der Waals surface area contributed by atoms with E-state index in [1.54, 1.807) is 0 Å². The van der Waals surface area contributed by atoms with Crippen molar-refractivity contribution in [2.45, 2.75) is 55.3 Å². The molecular weight excluding hydrogens is 545 g/mol. The minimum Gasteiger partial charge on any atom is -0.394 e. The van der Waals surface area contributed by atoms with Gasteiger partial charge in [0.1, 0.15) is 36.6 Å². The number of nitrogens with one attached hydrogen (secondary N) is 1. The van der Waals surface area contributed by atoms with Crippen molar-refractivity contribution in [3.05, 3.63) is 33.1 Å². The van der Waals surface area contributed by atoms with Gasteiger partial charge in [-0.1, -0.05) is 0 Å². The van der Waals surface area contributed by atoms with Gasteiger partial charge >= 0.3 is 21.3 Å². The van der Waals surface area contributed by atoms with Crippen LogP contribution in [0.25, 0.3) is 0 Å². The van der Waals surface area contributed by atoms with Gasteiger partial charge in [-0.2, -0.15) is 4.31 Å². The Morgan fingerprint density at radius 2 is 1.78 bits per heavy atom. The molecule has 2 aliphatic rings. The minimum absolute atomic E-state index is 0.713. The molecule has 0 aliphatic carbocycles. The van der Waals surface area contributed by atoms with E-state index in [0.717, 1.165) is 12.3 Å². The lowest BCUT2D eigenvalue weighted by Gasteiger charge is -2.21. The second-order valence-corrected chi connectivity index (χ2v) is 10.6. The predicted octanol–water partition coefficient (Wildman–Crippen LogP) is -3.82. The van der Waals surface area contributed by atoms with Crippen molar-refractivity contribution >= 4 is 15.6 Å². The van der Waals surface area contributed by atoms with Gasteiger partial charge in [0.25, 0.3) is 5.56 Å². The van der Waals surface area contributed by atoms with Gasteiger partial charge in [-0.25, -0.2) is 18.3 Å². The quantitative estimate of drug-likeness (QED) is 0.126. The number of ether oxygens (including phenoxy) is 2. The Bertz CT molecular complexity index is 1130. The summed E-state index contributed by atoms with van der Waals surface area (Å²) in [7, 11) is -11.2. The topological polar surface area (TPSA) is 277 Å². The van der Waals surface area contributed by atoms with Crippen molar-refractivity contribution in [2.75, 3.05) is 13.2 Å². The second kappa shape index (κ2) is 11.1. The summed E-state index contributed by atoms with van der Waals surface area (Å²) in [5.74, 6) is 0. The van der Waals surface area contributed by atoms with Gasteiger partial charge in [0.15, 0.2) is 12.4 Å². The SMILES string of the molecule is O=c1ccn([C@@H]2O[C@H](COP(=O)(O)OP(=O)(O)O[C@H]3O[C@@H]([C@@H](O)CO)[C@H](O)[C@H]3F)[C@@H](O)[C@H]2O)c(=O)[nH]1. The molecule has 0 radical (unpaired) electrons. The number of phosphoric ester groups is 2. The summed E-state index contributed by atoms with van der Waals surface area (Å²) in [5.41, 5.74) is -1.76. The number of nitrogens with zero attached hydrogens (tertiary/aromatic N) is 1. The van der Waals surface area contributed by atoms with Crippen LogP contribution in [0.3, 0.4) is 0 Å². The molecule has 206 valence electrons. The molecule has 2 aliphatic heterocycles. The zero-order valence-corrected chi connectivity index (χ0v) is 19.6. The van der Waals surface area contributed by atoms with E-state index >= 15 is 0 Å². The molecule has 8 N–H and O–H groups in total. The fourth-order valence-electron chi connectivity index (χ4n) is 3.35. The summed E-state index contributed by atoms with van der Waals surface area (Å²) in [6.07, 6.45) is -16.3. The van der Waals surface area contributed by atoms with Crippen LogP contribution in [0.1, 0.15) is 6.23 Å². The van der Waals surface area contributed by atoms with Crippen molar-refractivity contribution < 1.29 is 71.7 Å². The van der Waals surface area contributed by atoms with Gasteiger partial charge < -0.3 is 44.8 Å². The van der Waals surface area contributed by atoms with E-state index < -0.39 is 95.4 Å². The van der Waals surface area contributed by atoms with E-state index in [1.807, 2.05) is 4.98 Å². The van der Waals surface area contributed by atoms with Gasteiger partial charge in [0.2, 0.25) is 6.29 Å². The van der Waals surface area contributed by atoms with Crippen LogP contribution in [-0.2, 0) is 32.0 Å². The van der Waals surface area contributed by atoms with Crippen LogP contribution in [0, 0.1) is 0 Å². The largest absolute Gasteiger partial charge is 0.483 e. The number of rotatable bonds is 10. The monoisotopic (exact) mass is 568 g/mol. The number of aromatic amines is 1. The Hall–Kier alpha value is -1.41. The number of alkyl halides is 1. The molecule has 0 aromatic carbocycles. The van der Waals surface area contributed by atoms with Crippen LogP contribution in [0.2, 0.25) is 0 Å². The molecule has 1 aromatic rings. The fourth-order valence-corrected chi connectivity index (χ4v) is 5.50. The Morgan fingerprint density at radius 3 is 2.39 bits per heavy atom. The van der Waals surface area contributed by atoms with Crippen LogP contribution in [-0.4, -0.2) is 107 Å². The van der Waals surface area contributed by atoms with Crippen LogP contribution in [0.15, 0.2) is 21.9 Å². The van der Waals surface area contributed by atoms with Gasteiger partial charge in [-0.15, -0.1) is 0 Å². The van der Waals surface area contributed by atoms with E-state index in [2.05, 4.69) is 13.4 Å². The first-order valence-electron chi connectivity index (χ1n) is 9.95. The molecule has 11 atom stereocenters. The number of H-pyrrole nitrogens is 1. The zero-order chi connectivity index (χ0) is 27.0. The van der Waals surface area contributed by atoms with Crippen molar-refractivity contribution in [2.24, 2.45) is 0 Å². The van der Waals surface area contributed by atoms with E-state index in [9.17, 15) is 53.3 Å². The summed E-state index contributed by atoms with van der Waals surface area (Å²) in [5, 5.41) is 48.2. The minimum atomic E-state index is -5.64. The molecular formula is C15H23FN2O16P2. The highest BCUT2D eigenvalue weighted by atomic mass is 31.3. The average molecular weight is 568 g/mol. The first-order chi connectivity index (χ1) is 16.7. The predicted molar refractivity (Wildman–Crippen MR) is 108 cm³/mol. The third kappa shape index (κ3) is 6.53. The van der Waals surface area contributed by atoms with E-state index in [-0.39, 0.29) is 0 Å². The summed E-state index contributed by atoms with van der Waals surface area (Å²) in [4.78, 5) is 44.4. The summed E-state index contributed by atoms with van der Waals surface area (Å²) >= 11 is 0. The molecule has 18 nitrogen and oxygen atoms in total. The van der Waals surface area contributed by atoms with Gasteiger partial charge in [0, 0.05) is 12.3 Å². The molecule has 3 heterocycles. The van der Waals surface area contributed by atoms with E-state index in [4.69, 9.17) is 14.6 Å². The maximum atomic E-state index is 14.1. The van der Waals surface area contributed by atoms with Gasteiger partial charge in [-0.3, -0.25) is 23.4 Å². The molecule has 36 heavy (non-hydrogen) atoms. The molecule has 1 aromatic heterocycles. The smallest absolute Gasteiger partial charge is 0.394 e. The van der Waals surface area contributed by atoms with Crippen LogP contribution >= 0.6 is 15.6 Å². The fraction of sp³-hybridized carbons (Fsp3) is 0.733. The van der Waals surface area contributed by atoms with Crippen LogP contribution < -0.4 is 11.2 Å². The first kappa shape index (κ1) is 29.2. The summed E-state index contributed by atoms with van der Waals surface area (Å²) < 4.78 is 61.7. The third-order valence-corrected chi connectivity index (χ3v) is 7.69. The van der Waals surface area contributed by atoms with Gasteiger partial charge in [-0.05, 0) is 0 Å². The second-order valence-electron chi connectivity index (χ2n) is 7.64. The Balaban J connectivity index is 1.60. The molecule has 2 fully saturated rings. The Kier molecular flexibility index (Phi) is 9.02. The lowest BCUT2D eigenvalue weighted by atomic mass is 10.1. The molecule has 3 rings (SSSR count). The molecule has 21 heteroatoms. The molecule has 0 bridgehead atoms. The molecule has 0 amide bonds. The van der Waals surface area contributed by atoms with Crippen molar-refractivity contribution in [3.8, 4) is 0 Å². The summed E-state index contributed by atoms with van der Waals surface area (Å²) in [6, 6.07) is 0.921. The maximum Gasteiger partial charge on any atom is 0.483 e. The standard InChI is InChI=1S/C15H23FN2O16P2/c16-8-10(23)12(5(20)3-19)32-14(8)33-36(28,29)34-35(26,27)30-4-6-9(22)11(24)13(31-6)18-2-1-7(21)17-15(18)25/h1-2,5-6,8-14,19-20,22-24H,3-4H2,(H,26,27)(H,28,29)(H,17,21,25)/t5-,6+,8+,9+,10+,11+,12-,13+,14+/m0/s1. The maximum absolute atomic E-state index is 14.1. The summed E-state index contributed by atoms with van der Waals surface area (Å²) in [6.45, 7) is -2.01. The van der Waals surface area contributed by atoms with Crippen LogP contribution in [0.4, 0.5) is 4.39 Å². The zero-order valence-electron chi connectivity index (χ0n) is 17.8. The molecule has 2 saturated heterocycles. The lowest BCUT2D eigenvalue weighted by Crippen LogP contribution is -2.39. The highest BCUT2D eigenvalue weighted by molar-refractivity contribution is 7.61. The number of aromatic nitrogens is 2. The molecule has 0 spiro atoms. The Labute approximate surface area is 199 Å². The number of hydrogen-bond acceptors (Lipinski definition) is 14. The van der Waals surface area contributed by atoms with Crippen molar-refractivity contribution in [3.63, 3.8) is 0 Å². The highest BCUT2D eigenvalue weighted by Gasteiger charge is 2.52. The number of hydrogen-bond donors (Lipinski definition) is 8. The highest BCUT2D eigenvalue weighted by Crippen LogP contribution is 2.61. The molecule has 0 saturated carbocycles. The van der Waals surface area contributed by atoms with Crippen molar-refractivity contribution in [1.82, 2.24) is 9.55 Å². The van der Waals surface area contributed by atoms with E-state index in [1.165, 1.54) is 0 Å². The number of aliphatic hydroxyl groups is 5. The molecule has 2 unspecified atom stereocenters. The number of phosphoric acid groups is 2. The van der Waals surface area contributed by atoms with Gasteiger partial charge in [0.05, 0.1) is 13.2 Å². The first-order valence-corrected chi connectivity index (χ1v) is 12.9. The third-order valence-electron chi connectivity index (χ3n) is 5.09. The lowest BCUT2D eigenvalue weighted by molar-refractivity contribution is -0.138. The van der Waals surface area contributed by atoms with E-state index in [0.29, 0.717) is 4.57 Å². The van der Waals surface area contributed by atoms with Crippen LogP contribution in [0.5, 0.6) is 0 Å². The number of halogens is 1. The normalized spacial score (nSPS) is 36.9.